The maximum Gasteiger partial charge on any atom is 0.124 e. The zero-order chi connectivity index (χ0) is 26.7. The molecule has 4 aromatic rings. The van der Waals surface area contributed by atoms with E-state index in [1.54, 1.807) is 0 Å². The van der Waals surface area contributed by atoms with Crippen molar-refractivity contribution in [3.05, 3.63) is 102 Å². The fraction of sp³-hybridized carbons (Fsp3) is 0.353. The van der Waals surface area contributed by atoms with E-state index in [1.165, 1.54) is 22.0 Å². The Bertz CT molecular complexity index is 1310. The Hall–Kier alpha value is -3.54. The van der Waals surface area contributed by atoms with Crippen molar-refractivity contribution in [2.24, 2.45) is 0 Å². The predicted molar refractivity (Wildman–Crippen MR) is 158 cm³/mol. The van der Waals surface area contributed by atoms with Crippen LogP contribution in [0.5, 0.6) is 11.5 Å². The van der Waals surface area contributed by atoms with Crippen LogP contribution in [0.1, 0.15) is 37.3 Å². The van der Waals surface area contributed by atoms with E-state index in [9.17, 15) is 0 Å². The fourth-order valence-electron chi connectivity index (χ4n) is 5.06. The summed E-state index contributed by atoms with van der Waals surface area (Å²) >= 11 is 0. The van der Waals surface area contributed by atoms with Crippen molar-refractivity contribution in [2.45, 2.75) is 45.5 Å². The third-order valence-electron chi connectivity index (χ3n) is 7.11. The molecule has 0 amide bonds. The molecule has 0 spiro atoms. The van der Waals surface area contributed by atoms with Crippen LogP contribution >= 0.6 is 0 Å². The van der Waals surface area contributed by atoms with Gasteiger partial charge in [0.15, 0.2) is 0 Å². The molecule has 0 aromatic heterocycles. The van der Waals surface area contributed by atoms with Gasteiger partial charge in [0.25, 0.3) is 0 Å². The van der Waals surface area contributed by atoms with Gasteiger partial charge in [0, 0.05) is 30.8 Å². The number of fused-ring (bicyclic) bond motifs is 1. The number of hydrogen-bond acceptors (Lipinski definition) is 5. The van der Waals surface area contributed by atoms with E-state index in [-0.39, 0.29) is 6.10 Å². The molecule has 1 fully saturated rings. The molecule has 5 heteroatoms. The highest BCUT2D eigenvalue weighted by molar-refractivity contribution is 5.82. The van der Waals surface area contributed by atoms with Crippen LogP contribution in [0, 0.1) is 0 Å². The summed E-state index contributed by atoms with van der Waals surface area (Å²) in [5.41, 5.74) is 3.53. The van der Waals surface area contributed by atoms with Gasteiger partial charge in [-0.15, -0.1) is 0 Å². The summed E-state index contributed by atoms with van der Waals surface area (Å²) in [7, 11) is 0. The van der Waals surface area contributed by atoms with Gasteiger partial charge in [-0.3, -0.25) is 0 Å². The molecule has 0 aliphatic carbocycles. The molecule has 5 rings (SSSR count). The van der Waals surface area contributed by atoms with Gasteiger partial charge in [0.2, 0.25) is 0 Å². The van der Waals surface area contributed by atoms with Gasteiger partial charge in [-0.1, -0.05) is 54.6 Å². The number of nitrogens with zero attached hydrogens (tertiary/aromatic N) is 1. The van der Waals surface area contributed by atoms with Crippen LogP contribution in [0.15, 0.2) is 91.0 Å². The Morgan fingerprint density at radius 3 is 2.49 bits per heavy atom. The maximum atomic E-state index is 6.34. The Morgan fingerprint density at radius 2 is 1.62 bits per heavy atom. The SMILES string of the molecule is CCOc1ccccc1COCCCOc1ccc(N2CCCC(OCc3ccc4ccccc4c3)C2)cc1. The van der Waals surface area contributed by atoms with Crippen molar-refractivity contribution >= 4 is 16.5 Å². The lowest BCUT2D eigenvalue weighted by Crippen LogP contribution is -2.39. The molecular formula is C34H39NO4. The van der Waals surface area contributed by atoms with E-state index in [4.69, 9.17) is 18.9 Å². The Morgan fingerprint density at radius 1 is 0.795 bits per heavy atom. The van der Waals surface area contributed by atoms with Crippen molar-refractivity contribution in [3.8, 4) is 11.5 Å². The van der Waals surface area contributed by atoms with Gasteiger partial charge < -0.3 is 23.8 Å². The predicted octanol–water partition coefficient (Wildman–Crippen LogP) is 7.41. The molecule has 1 atom stereocenters. The summed E-state index contributed by atoms with van der Waals surface area (Å²) in [5, 5.41) is 2.53. The topological polar surface area (TPSA) is 40.2 Å². The van der Waals surface area contributed by atoms with Crippen LogP contribution in [-0.4, -0.2) is 39.0 Å². The number of anilines is 1. The Labute approximate surface area is 232 Å². The van der Waals surface area contributed by atoms with E-state index in [2.05, 4.69) is 71.6 Å². The minimum absolute atomic E-state index is 0.238. The standard InChI is InChI=1S/C34H39NO4/c1-2-37-34-13-6-5-11-30(34)26-36-21-8-22-38-32-18-16-31(17-19-32)35-20-7-12-33(24-35)39-25-27-14-15-28-9-3-4-10-29(28)23-27/h3-6,9-11,13-19,23,33H,2,7-8,12,20-22,24-26H2,1H3. The van der Waals surface area contributed by atoms with Crippen molar-refractivity contribution in [1.29, 1.82) is 0 Å². The lowest BCUT2D eigenvalue weighted by Gasteiger charge is -2.34. The second-order valence-corrected chi connectivity index (χ2v) is 9.99. The van der Waals surface area contributed by atoms with Gasteiger partial charge in [-0.25, -0.2) is 0 Å². The summed E-state index contributed by atoms with van der Waals surface area (Å²) in [6, 6.07) is 31.5. The molecule has 5 nitrogen and oxygen atoms in total. The van der Waals surface area contributed by atoms with E-state index in [0.717, 1.165) is 49.4 Å². The van der Waals surface area contributed by atoms with Crippen LogP contribution in [0.4, 0.5) is 5.69 Å². The quantitative estimate of drug-likeness (QED) is 0.170. The van der Waals surface area contributed by atoms with Crippen LogP contribution in [0.25, 0.3) is 10.8 Å². The molecule has 4 aromatic carbocycles. The molecule has 0 saturated carbocycles. The highest BCUT2D eigenvalue weighted by Crippen LogP contribution is 2.25. The molecule has 1 saturated heterocycles. The van der Waals surface area contributed by atoms with Crippen LogP contribution in [-0.2, 0) is 22.7 Å². The molecular weight excluding hydrogens is 486 g/mol. The van der Waals surface area contributed by atoms with E-state index < -0.39 is 0 Å². The number of hydrogen-bond donors (Lipinski definition) is 0. The lowest BCUT2D eigenvalue weighted by atomic mass is 10.1. The molecule has 0 bridgehead atoms. The molecule has 1 heterocycles. The first kappa shape index (κ1) is 27.0. The van der Waals surface area contributed by atoms with Gasteiger partial charge in [0.1, 0.15) is 11.5 Å². The zero-order valence-electron chi connectivity index (χ0n) is 22.9. The average molecular weight is 526 g/mol. The Kier molecular flexibility index (Phi) is 9.72. The maximum absolute atomic E-state index is 6.34. The number of piperidine rings is 1. The molecule has 1 aliphatic heterocycles. The van der Waals surface area contributed by atoms with Crippen molar-refractivity contribution < 1.29 is 18.9 Å². The first-order chi connectivity index (χ1) is 19.3. The first-order valence-electron chi connectivity index (χ1n) is 14.1. The van der Waals surface area contributed by atoms with Gasteiger partial charge in [-0.05, 0) is 72.5 Å². The second kappa shape index (κ2) is 14.0. The first-order valence-corrected chi connectivity index (χ1v) is 14.1. The zero-order valence-corrected chi connectivity index (χ0v) is 22.9. The minimum atomic E-state index is 0.238. The molecule has 204 valence electrons. The van der Waals surface area contributed by atoms with Crippen molar-refractivity contribution in [2.75, 3.05) is 37.8 Å². The van der Waals surface area contributed by atoms with Crippen LogP contribution in [0.3, 0.4) is 0 Å². The van der Waals surface area contributed by atoms with Crippen molar-refractivity contribution in [3.63, 3.8) is 0 Å². The Balaban J connectivity index is 1.02. The third-order valence-corrected chi connectivity index (χ3v) is 7.11. The number of para-hydroxylation sites is 1. The summed E-state index contributed by atoms with van der Waals surface area (Å²) in [4.78, 5) is 2.42. The number of benzene rings is 4. The van der Waals surface area contributed by atoms with E-state index >= 15 is 0 Å². The van der Waals surface area contributed by atoms with Crippen LogP contribution in [0.2, 0.25) is 0 Å². The monoisotopic (exact) mass is 525 g/mol. The normalized spacial score (nSPS) is 15.4. The summed E-state index contributed by atoms with van der Waals surface area (Å²) < 4.78 is 23.8. The van der Waals surface area contributed by atoms with Gasteiger partial charge in [0.05, 0.1) is 39.1 Å². The largest absolute Gasteiger partial charge is 0.494 e. The van der Waals surface area contributed by atoms with Gasteiger partial charge >= 0.3 is 0 Å². The summed E-state index contributed by atoms with van der Waals surface area (Å²) in [6.07, 6.45) is 3.31. The molecule has 1 unspecified atom stereocenters. The molecule has 0 radical (unpaired) electrons. The number of rotatable bonds is 13. The molecule has 0 N–H and O–H groups in total. The highest BCUT2D eigenvalue weighted by Gasteiger charge is 2.21. The molecule has 39 heavy (non-hydrogen) atoms. The second-order valence-electron chi connectivity index (χ2n) is 9.99. The van der Waals surface area contributed by atoms with E-state index in [1.807, 2.05) is 31.2 Å². The van der Waals surface area contributed by atoms with Gasteiger partial charge in [-0.2, -0.15) is 0 Å². The smallest absolute Gasteiger partial charge is 0.124 e. The minimum Gasteiger partial charge on any atom is -0.494 e. The summed E-state index contributed by atoms with van der Waals surface area (Å²) in [6.45, 7) is 7.09. The lowest BCUT2D eigenvalue weighted by molar-refractivity contribution is 0.0316. The highest BCUT2D eigenvalue weighted by atomic mass is 16.5. The third kappa shape index (κ3) is 7.75. The van der Waals surface area contributed by atoms with E-state index in [0.29, 0.717) is 33.0 Å². The fourth-order valence-corrected chi connectivity index (χ4v) is 5.06. The summed E-state index contributed by atoms with van der Waals surface area (Å²) in [5.74, 6) is 1.79. The average Bonchev–Trinajstić information content (AvgIpc) is 2.99. The molecule has 1 aliphatic rings. The number of ether oxygens (including phenoxy) is 4. The van der Waals surface area contributed by atoms with Crippen LogP contribution < -0.4 is 14.4 Å². The van der Waals surface area contributed by atoms with Crippen molar-refractivity contribution in [1.82, 2.24) is 0 Å².